The molecule has 22 heavy (non-hydrogen) atoms. The summed E-state index contributed by atoms with van der Waals surface area (Å²) >= 11 is 0. The van der Waals surface area contributed by atoms with Crippen molar-refractivity contribution in [2.24, 2.45) is 7.05 Å². The zero-order valence-corrected chi connectivity index (χ0v) is 12.1. The summed E-state index contributed by atoms with van der Waals surface area (Å²) < 4.78 is 28.9. The van der Waals surface area contributed by atoms with E-state index in [1.54, 1.807) is 22.8 Å². The largest absolute Gasteiger partial charge is 0.329 e. The summed E-state index contributed by atoms with van der Waals surface area (Å²) in [5.41, 5.74) is 0.621. The van der Waals surface area contributed by atoms with E-state index < -0.39 is 17.5 Å². The normalized spacial score (nSPS) is 18.5. The quantitative estimate of drug-likeness (QED) is 0.914. The van der Waals surface area contributed by atoms with Gasteiger partial charge in [0.05, 0.1) is 17.8 Å². The highest BCUT2D eigenvalue weighted by Crippen LogP contribution is 2.25. The zero-order chi connectivity index (χ0) is 15.7. The lowest BCUT2D eigenvalue weighted by Gasteiger charge is -2.36. The Bertz CT molecular complexity index is 701. The molecule has 0 saturated carbocycles. The fourth-order valence-electron chi connectivity index (χ4n) is 2.68. The van der Waals surface area contributed by atoms with Crippen molar-refractivity contribution in [2.45, 2.75) is 6.04 Å². The van der Waals surface area contributed by atoms with Crippen molar-refractivity contribution < 1.29 is 13.6 Å². The second kappa shape index (κ2) is 5.84. The summed E-state index contributed by atoms with van der Waals surface area (Å²) in [7, 11) is 1.79. The Morgan fingerprint density at radius 1 is 1.41 bits per heavy atom. The first kappa shape index (κ1) is 14.6. The first-order valence-electron chi connectivity index (χ1n) is 7.02. The molecule has 3 rings (SSSR count). The number of rotatable bonds is 2. The van der Waals surface area contributed by atoms with E-state index in [2.05, 4.69) is 10.4 Å². The average molecular weight is 306 g/mol. The van der Waals surface area contributed by atoms with Crippen LogP contribution in [0.4, 0.5) is 8.78 Å². The summed E-state index contributed by atoms with van der Waals surface area (Å²) in [5, 5.41) is 7.31. The van der Waals surface area contributed by atoms with E-state index >= 15 is 0 Å². The maximum Gasteiger partial charge on any atom is 0.257 e. The van der Waals surface area contributed by atoms with Gasteiger partial charge in [-0.2, -0.15) is 5.10 Å². The predicted molar refractivity (Wildman–Crippen MR) is 76.2 cm³/mol. The summed E-state index contributed by atoms with van der Waals surface area (Å²) in [6.07, 6.45) is 3.50. The molecule has 1 atom stereocenters. The van der Waals surface area contributed by atoms with E-state index in [0.29, 0.717) is 19.6 Å². The fourth-order valence-corrected chi connectivity index (χ4v) is 2.68. The Kier molecular flexibility index (Phi) is 3.89. The number of aromatic nitrogens is 2. The Morgan fingerprint density at radius 2 is 2.23 bits per heavy atom. The van der Waals surface area contributed by atoms with E-state index in [0.717, 1.165) is 11.6 Å². The molecule has 1 aliphatic heterocycles. The van der Waals surface area contributed by atoms with Crippen molar-refractivity contribution >= 4 is 5.91 Å². The smallest absolute Gasteiger partial charge is 0.257 e. The van der Waals surface area contributed by atoms with Crippen LogP contribution in [0.5, 0.6) is 0 Å². The van der Waals surface area contributed by atoms with Gasteiger partial charge in [0, 0.05) is 38.4 Å². The lowest BCUT2D eigenvalue weighted by atomic mass is 10.0. The lowest BCUT2D eigenvalue weighted by molar-refractivity contribution is 0.0628. The van der Waals surface area contributed by atoms with Gasteiger partial charge in [0.2, 0.25) is 0 Å². The number of benzene rings is 1. The van der Waals surface area contributed by atoms with Gasteiger partial charge in [-0.15, -0.1) is 0 Å². The van der Waals surface area contributed by atoms with Crippen molar-refractivity contribution in [3.05, 3.63) is 53.4 Å². The minimum atomic E-state index is -1.10. The molecule has 1 aliphatic rings. The van der Waals surface area contributed by atoms with Crippen molar-refractivity contribution in [3.8, 4) is 0 Å². The number of amides is 1. The van der Waals surface area contributed by atoms with Crippen molar-refractivity contribution in [1.29, 1.82) is 0 Å². The molecule has 1 amide bonds. The molecule has 0 radical (unpaired) electrons. The molecule has 2 heterocycles. The standard InChI is InChI=1S/C15H16F2N4O/c1-20-9-10(7-19-20)13-8-18-5-6-21(13)15(22)11-3-2-4-12(16)14(11)17/h2-4,7,9,13,18H,5-6,8H2,1H3/t13-/m1/s1. The lowest BCUT2D eigenvalue weighted by Crippen LogP contribution is -2.48. The third-order valence-corrected chi connectivity index (χ3v) is 3.80. The zero-order valence-electron chi connectivity index (χ0n) is 12.1. The second-order valence-corrected chi connectivity index (χ2v) is 5.27. The van der Waals surface area contributed by atoms with Gasteiger partial charge in [0.25, 0.3) is 5.91 Å². The molecule has 1 N–H and O–H groups in total. The van der Waals surface area contributed by atoms with Crippen molar-refractivity contribution in [1.82, 2.24) is 20.0 Å². The summed E-state index contributed by atoms with van der Waals surface area (Å²) in [6, 6.07) is 3.40. The number of hydrogen-bond donors (Lipinski definition) is 1. The van der Waals surface area contributed by atoms with Crippen LogP contribution in [-0.4, -0.2) is 40.2 Å². The van der Waals surface area contributed by atoms with Crippen LogP contribution < -0.4 is 5.32 Å². The first-order chi connectivity index (χ1) is 10.6. The Balaban J connectivity index is 1.93. The van der Waals surface area contributed by atoms with Crippen molar-refractivity contribution in [2.75, 3.05) is 19.6 Å². The molecule has 1 aromatic heterocycles. The summed E-state index contributed by atoms with van der Waals surface area (Å²) in [6.45, 7) is 1.59. The number of aryl methyl sites for hydroxylation is 1. The molecule has 2 aromatic rings. The highest BCUT2D eigenvalue weighted by molar-refractivity contribution is 5.94. The average Bonchev–Trinajstić information content (AvgIpc) is 2.96. The molecular formula is C15H16F2N4O. The molecule has 1 saturated heterocycles. The Morgan fingerprint density at radius 3 is 2.95 bits per heavy atom. The van der Waals surface area contributed by atoms with Gasteiger partial charge >= 0.3 is 0 Å². The first-order valence-corrected chi connectivity index (χ1v) is 7.02. The third kappa shape index (κ3) is 2.59. The maximum absolute atomic E-state index is 13.9. The van der Waals surface area contributed by atoms with Crippen LogP contribution >= 0.6 is 0 Å². The predicted octanol–water partition coefficient (Wildman–Crippen LogP) is 1.48. The number of hydrogen-bond acceptors (Lipinski definition) is 3. The van der Waals surface area contributed by atoms with Crippen LogP contribution in [0.1, 0.15) is 22.0 Å². The van der Waals surface area contributed by atoms with Gasteiger partial charge in [-0.3, -0.25) is 9.48 Å². The number of piperazine rings is 1. The van der Waals surface area contributed by atoms with E-state index in [4.69, 9.17) is 0 Å². The molecule has 0 unspecified atom stereocenters. The summed E-state index contributed by atoms with van der Waals surface area (Å²) in [5.74, 6) is -2.62. The van der Waals surface area contributed by atoms with Gasteiger partial charge in [-0.05, 0) is 12.1 Å². The fraction of sp³-hybridized carbons (Fsp3) is 0.333. The van der Waals surface area contributed by atoms with Crippen LogP contribution in [0.15, 0.2) is 30.6 Å². The van der Waals surface area contributed by atoms with Gasteiger partial charge in [0.1, 0.15) is 0 Å². The molecular weight excluding hydrogens is 290 g/mol. The van der Waals surface area contributed by atoms with Gasteiger partial charge < -0.3 is 10.2 Å². The topological polar surface area (TPSA) is 50.2 Å². The van der Waals surface area contributed by atoms with Gasteiger partial charge in [0.15, 0.2) is 11.6 Å². The van der Waals surface area contributed by atoms with Crippen LogP contribution in [0, 0.1) is 11.6 Å². The second-order valence-electron chi connectivity index (χ2n) is 5.27. The molecule has 0 aliphatic carbocycles. The van der Waals surface area contributed by atoms with E-state index in [1.165, 1.54) is 12.1 Å². The molecule has 5 nitrogen and oxygen atoms in total. The molecule has 1 fully saturated rings. The van der Waals surface area contributed by atoms with E-state index in [9.17, 15) is 13.6 Å². The highest BCUT2D eigenvalue weighted by atomic mass is 19.2. The van der Waals surface area contributed by atoms with E-state index in [1.807, 2.05) is 6.20 Å². The van der Waals surface area contributed by atoms with Gasteiger partial charge in [-0.1, -0.05) is 6.07 Å². The molecule has 0 bridgehead atoms. The third-order valence-electron chi connectivity index (χ3n) is 3.80. The molecule has 7 heteroatoms. The molecule has 116 valence electrons. The van der Waals surface area contributed by atoms with Crippen LogP contribution in [0.25, 0.3) is 0 Å². The SMILES string of the molecule is Cn1cc([C@H]2CNCCN2C(=O)c2cccc(F)c2F)cn1. The Hall–Kier alpha value is -2.28. The Labute approximate surface area is 126 Å². The number of carbonyl (C=O) groups excluding carboxylic acids is 1. The number of nitrogens with one attached hydrogen (secondary N) is 1. The number of nitrogens with zero attached hydrogens (tertiary/aromatic N) is 3. The van der Waals surface area contributed by atoms with E-state index in [-0.39, 0.29) is 11.6 Å². The molecule has 1 aromatic carbocycles. The van der Waals surface area contributed by atoms with Crippen molar-refractivity contribution in [3.63, 3.8) is 0 Å². The number of halogens is 2. The monoisotopic (exact) mass is 306 g/mol. The van der Waals surface area contributed by atoms with Crippen LogP contribution in [0.2, 0.25) is 0 Å². The van der Waals surface area contributed by atoms with Crippen LogP contribution in [-0.2, 0) is 7.05 Å². The molecule has 0 spiro atoms. The van der Waals surface area contributed by atoms with Crippen LogP contribution in [0.3, 0.4) is 0 Å². The van der Waals surface area contributed by atoms with Gasteiger partial charge in [-0.25, -0.2) is 8.78 Å². The minimum absolute atomic E-state index is 0.240. The minimum Gasteiger partial charge on any atom is -0.329 e. The number of carbonyl (C=O) groups is 1. The highest BCUT2D eigenvalue weighted by Gasteiger charge is 2.31. The maximum atomic E-state index is 13.9. The summed E-state index contributed by atoms with van der Waals surface area (Å²) in [4.78, 5) is 14.2.